The second-order valence-electron chi connectivity index (χ2n) is 7.98. The highest BCUT2D eigenvalue weighted by molar-refractivity contribution is 5.94. The summed E-state index contributed by atoms with van der Waals surface area (Å²) in [5.41, 5.74) is 3.39. The van der Waals surface area contributed by atoms with Crippen molar-refractivity contribution in [2.24, 2.45) is 0 Å². The fourth-order valence-electron chi connectivity index (χ4n) is 3.85. The molecular weight excluding hydrogens is 381 g/mol. The van der Waals surface area contributed by atoms with Crippen LogP contribution >= 0.6 is 0 Å². The van der Waals surface area contributed by atoms with E-state index in [1.54, 1.807) is 18.2 Å². The molecule has 3 aromatic rings. The highest BCUT2D eigenvalue weighted by Crippen LogP contribution is 2.37. The molecule has 5 heteroatoms. The lowest BCUT2D eigenvalue weighted by atomic mass is 9.91. The van der Waals surface area contributed by atoms with Gasteiger partial charge in [-0.05, 0) is 53.4 Å². The number of hydrogen-bond acceptors (Lipinski definition) is 3. The molecule has 1 aliphatic rings. The van der Waals surface area contributed by atoms with Crippen LogP contribution in [-0.2, 0) is 26.0 Å². The summed E-state index contributed by atoms with van der Waals surface area (Å²) in [6, 6.07) is 19.6. The lowest BCUT2D eigenvalue weighted by Gasteiger charge is -2.24. The maximum atomic E-state index is 14.1. The molecule has 30 heavy (non-hydrogen) atoms. The molecule has 0 saturated carbocycles. The average molecular weight is 405 g/mol. The second-order valence-corrected chi connectivity index (χ2v) is 7.98. The molecule has 154 valence electrons. The summed E-state index contributed by atoms with van der Waals surface area (Å²) in [6.07, 6.45) is 1.07. The molecule has 1 unspecified atom stereocenters. The largest absolute Gasteiger partial charge is 0.487 e. The van der Waals surface area contributed by atoms with Crippen molar-refractivity contribution in [1.82, 2.24) is 5.32 Å². The van der Waals surface area contributed by atoms with E-state index in [9.17, 15) is 9.18 Å². The number of amides is 1. The zero-order valence-corrected chi connectivity index (χ0v) is 16.8. The summed E-state index contributed by atoms with van der Waals surface area (Å²) >= 11 is 0. The van der Waals surface area contributed by atoms with Crippen LogP contribution in [0.2, 0.25) is 0 Å². The number of benzene rings is 3. The average Bonchev–Trinajstić information content (AvgIpc) is 3.09. The third kappa shape index (κ3) is 4.36. The molecule has 4 rings (SSSR count). The quantitative estimate of drug-likeness (QED) is 0.647. The minimum absolute atomic E-state index is 0.000328. The Hall–Kier alpha value is -3.18. The summed E-state index contributed by atoms with van der Waals surface area (Å²) < 4.78 is 20.2. The standard InChI is InChI=1S/C25H24FNO3/c1-25(13-20-4-2-3-5-22(20)26)14-21-12-19(10-11-23(21)30-25)24(29)27-15-17-6-8-18(16-28)9-7-17/h2-12,28H,13-16H2,1H3,(H,27,29). The Morgan fingerprint density at radius 2 is 1.83 bits per heavy atom. The fraction of sp³-hybridized carbons (Fsp3) is 0.240. The molecule has 4 nitrogen and oxygen atoms in total. The van der Waals surface area contributed by atoms with Crippen LogP contribution in [0.5, 0.6) is 5.75 Å². The monoisotopic (exact) mass is 405 g/mol. The SMILES string of the molecule is CC1(Cc2ccccc2F)Cc2cc(C(=O)NCc3ccc(CO)cc3)ccc2O1. The van der Waals surface area contributed by atoms with E-state index in [0.29, 0.717) is 30.5 Å². The predicted octanol–water partition coefficient (Wildman–Crippen LogP) is 4.18. The molecule has 0 spiro atoms. The number of aliphatic hydroxyl groups is 1. The van der Waals surface area contributed by atoms with Crippen molar-refractivity contribution < 1.29 is 19.0 Å². The van der Waals surface area contributed by atoms with Gasteiger partial charge < -0.3 is 15.2 Å². The van der Waals surface area contributed by atoms with Gasteiger partial charge in [0.25, 0.3) is 5.91 Å². The molecule has 3 aromatic carbocycles. The third-order valence-electron chi connectivity index (χ3n) is 5.42. The van der Waals surface area contributed by atoms with Gasteiger partial charge in [-0.2, -0.15) is 0 Å². The molecular formula is C25H24FNO3. The summed E-state index contributed by atoms with van der Waals surface area (Å²) in [6.45, 7) is 2.37. The number of ether oxygens (including phenoxy) is 1. The Kier molecular flexibility index (Phi) is 5.55. The van der Waals surface area contributed by atoms with Crippen molar-refractivity contribution >= 4 is 5.91 Å². The van der Waals surface area contributed by atoms with Crippen LogP contribution in [0.25, 0.3) is 0 Å². The molecule has 0 saturated heterocycles. The number of aliphatic hydroxyl groups excluding tert-OH is 1. The van der Waals surface area contributed by atoms with Crippen molar-refractivity contribution in [3.8, 4) is 5.75 Å². The Balaban J connectivity index is 1.42. The second kappa shape index (κ2) is 8.28. The highest BCUT2D eigenvalue weighted by Gasteiger charge is 2.36. The number of carbonyl (C=O) groups is 1. The minimum Gasteiger partial charge on any atom is -0.487 e. The normalized spacial score (nSPS) is 17.3. The van der Waals surface area contributed by atoms with E-state index in [-0.39, 0.29) is 18.3 Å². The van der Waals surface area contributed by atoms with E-state index in [1.807, 2.05) is 49.4 Å². The lowest BCUT2D eigenvalue weighted by molar-refractivity contribution is 0.0950. The lowest BCUT2D eigenvalue weighted by Crippen LogP contribution is -2.33. The van der Waals surface area contributed by atoms with Gasteiger partial charge in [0.05, 0.1) is 6.61 Å². The third-order valence-corrected chi connectivity index (χ3v) is 5.42. The Bertz CT molecular complexity index is 1060. The number of carbonyl (C=O) groups excluding carboxylic acids is 1. The van der Waals surface area contributed by atoms with Gasteiger partial charge in [0.15, 0.2) is 0 Å². The van der Waals surface area contributed by atoms with E-state index in [1.165, 1.54) is 6.07 Å². The first-order valence-corrected chi connectivity index (χ1v) is 9.98. The zero-order valence-electron chi connectivity index (χ0n) is 16.8. The maximum Gasteiger partial charge on any atom is 0.251 e. The van der Waals surface area contributed by atoms with Gasteiger partial charge in [0.2, 0.25) is 0 Å². The van der Waals surface area contributed by atoms with Crippen LogP contribution in [0.3, 0.4) is 0 Å². The molecule has 1 amide bonds. The molecule has 0 radical (unpaired) electrons. The van der Waals surface area contributed by atoms with Crippen molar-refractivity contribution in [1.29, 1.82) is 0 Å². The smallest absolute Gasteiger partial charge is 0.251 e. The van der Waals surface area contributed by atoms with Crippen molar-refractivity contribution in [3.05, 3.63) is 100 Å². The van der Waals surface area contributed by atoms with Crippen LogP contribution in [-0.4, -0.2) is 16.6 Å². The van der Waals surface area contributed by atoms with E-state index in [4.69, 9.17) is 9.84 Å². The highest BCUT2D eigenvalue weighted by atomic mass is 19.1. The molecule has 0 bridgehead atoms. The number of fused-ring (bicyclic) bond motifs is 1. The van der Waals surface area contributed by atoms with Gasteiger partial charge >= 0.3 is 0 Å². The minimum atomic E-state index is -0.548. The van der Waals surface area contributed by atoms with Gasteiger partial charge in [-0.25, -0.2) is 4.39 Å². The van der Waals surface area contributed by atoms with E-state index >= 15 is 0 Å². The van der Waals surface area contributed by atoms with E-state index in [2.05, 4.69) is 5.32 Å². The van der Waals surface area contributed by atoms with Crippen molar-refractivity contribution in [2.75, 3.05) is 0 Å². The van der Waals surface area contributed by atoms with Crippen LogP contribution in [0, 0.1) is 5.82 Å². The predicted molar refractivity (Wildman–Crippen MR) is 113 cm³/mol. The summed E-state index contributed by atoms with van der Waals surface area (Å²) in [4.78, 5) is 12.6. The van der Waals surface area contributed by atoms with Gasteiger partial charge in [-0.3, -0.25) is 4.79 Å². The van der Waals surface area contributed by atoms with Gasteiger partial charge in [-0.15, -0.1) is 0 Å². The van der Waals surface area contributed by atoms with E-state index < -0.39 is 5.60 Å². The number of hydrogen-bond donors (Lipinski definition) is 2. The van der Waals surface area contributed by atoms with Crippen molar-refractivity contribution in [2.45, 2.75) is 38.5 Å². The molecule has 1 aliphatic heterocycles. The van der Waals surface area contributed by atoms with Gasteiger partial charge in [0.1, 0.15) is 17.2 Å². The van der Waals surface area contributed by atoms with E-state index in [0.717, 1.165) is 22.4 Å². The Morgan fingerprint density at radius 3 is 2.57 bits per heavy atom. The van der Waals surface area contributed by atoms with Gasteiger partial charge in [0, 0.05) is 24.9 Å². The molecule has 0 aromatic heterocycles. The van der Waals surface area contributed by atoms with Crippen LogP contribution in [0.4, 0.5) is 4.39 Å². The Morgan fingerprint density at radius 1 is 1.10 bits per heavy atom. The number of rotatable bonds is 6. The molecule has 2 N–H and O–H groups in total. The Labute approximate surface area is 175 Å². The maximum absolute atomic E-state index is 14.1. The summed E-state index contributed by atoms with van der Waals surface area (Å²) in [5, 5.41) is 12.0. The number of halogens is 1. The van der Waals surface area contributed by atoms with Gasteiger partial charge in [-0.1, -0.05) is 42.5 Å². The summed E-state index contributed by atoms with van der Waals surface area (Å²) in [7, 11) is 0. The number of nitrogens with one attached hydrogen (secondary N) is 1. The van der Waals surface area contributed by atoms with Crippen LogP contribution in [0.15, 0.2) is 66.7 Å². The molecule has 1 atom stereocenters. The molecule has 0 fully saturated rings. The summed E-state index contributed by atoms with van der Waals surface area (Å²) in [5.74, 6) is 0.349. The first-order chi connectivity index (χ1) is 14.5. The van der Waals surface area contributed by atoms with Crippen molar-refractivity contribution in [3.63, 3.8) is 0 Å². The molecule has 1 heterocycles. The zero-order chi connectivity index (χ0) is 21.1. The fourth-order valence-corrected chi connectivity index (χ4v) is 3.85. The van der Waals surface area contributed by atoms with Crippen LogP contribution in [0.1, 0.15) is 39.5 Å². The van der Waals surface area contributed by atoms with Crippen LogP contribution < -0.4 is 10.1 Å². The molecule has 0 aliphatic carbocycles. The first kappa shape index (κ1) is 20.1. The topological polar surface area (TPSA) is 58.6 Å². The first-order valence-electron chi connectivity index (χ1n) is 9.98.